The number of carbonyl (C=O) groups excluding carboxylic acids is 1. The Morgan fingerprint density at radius 2 is 2.06 bits per heavy atom. The molecule has 0 aliphatic rings. The number of amides is 1. The molecule has 88 valence electrons. The molecule has 17 heavy (non-hydrogen) atoms. The molecule has 2 aromatic rings. The minimum absolute atomic E-state index is 0.0180. The van der Waals surface area contributed by atoms with Crippen molar-refractivity contribution in [2.24, 2.45) is 5.73 Å². The van der Waals surface area contributed by atoms with Crippen LogP contribution in [0.1, 0.15) is 10.5 Å². The molecule has 1 amide bonds. The third-order valence-corrected chi connectivity index (χ3v) is 2.77. The summed E-state index contributed by atoms with van der Waals surface area (Å²) in [6, 6.07) is 3.96. The Bertz CT molecular complexity index is 597. The minimum Gasteiger partial charge on any atom is -0.364 e. The summed E-state index contributed by atoms with van der Waals surface area (Å²) < 4.78 is 26.9. The van der Waals surface area contributed by atoms with Crippen molar-refractivity contribution < 1.29 is 13.6 Å². The summed E-state index contributed by atoms with van der Waals surface area (Å²) in [5.41, 5.74) is 5.11. The maximum atomic E-state index is 13.6. The van der Waals surface area contributed by atoms with E-state index in [1.165, 1.54) is 18.2 Å². The molecule has 0 radical (unpaired) electrons. The van der Waals surface area contributed by atoms with Gasteiger partial charge < -0.3 is 5.73 Å². The topological polar surface area (TPSA) is 71.8 Å². The van der Waals surface area contributed by atoms with Gasteiger partial charge in [0.2, 0.25) is 0 Å². The number of hydrogen-bond donors (Lipinski definition) is 2. The smallest absolute Gasteiger partial charge is 0.266 e. The molecule has 2 rings (SSSR count). The summed E-state index contributed by atoms with van der Waals surface area (Å²) in [6.07, 6.45) is 0. The van der Waals surface area contributed by atoms with Crippen molar-refractivity contribution >= 4 is 21.8 Å². The van der Waals surface area contributed by atoms with E-state index >= 15 is 0 Å². The van der Waals surface area contributed by atoms with Crippen molar-refractivity contribution in [1.29, 1.82) is 0 Å². The van der Waals surface area contributed by atoms with Gasteiger partial charge in [-0.2, -0.15) is 5.10 Å². The lowest BCUT2D eigenvalue weighted by Gasteiger charge is -2.01. The summed E-state index contributed by atoms with van der Waals surface area (Å²) in [5, 5.41) is 6.03. The molecule has 0 atom stereocenters. The van der Waals surface area contributed by atoms with E-state index in [0.29, 0.717) is 0 Å². The fourth-order valence-electron chi connectivity index (χ4n) is 1.31. The number of nitrogens with zero attached hydrogens (tertiary/aromatic N) is 1. The molecule has 3 N–H and O–H groups in total. The predicted octanol–water partition coefficient (Wildman–Crippen LogP) is 2.22. The summed E-state index contributed by atoms with van der Waals surface area (Å²) in [4.78, 5) is 10.8. The number of aromatic nitrogens is 2. The molecule has 0 saturated heterocycles. The van der Waals surface area contributed by atoms with Gasteiger partial charge in [0, 0.05) is 5.56 Å². The van der Waals surface area contributed by atoms with E-state index < -0.39 is 17.5 Å². The van der Waals surface area contributed by atoms with Crippen LogP contribution in [0.25, 0.3) is 11.3 Å². The van der Waals surface area contributed by atoms with Crippen LogP contribution < -0.4 is 5.73 Å². The molecule has 1 aromatic carbocycles. The number of H-pyrrole nitrogens is 1. The van der Waals surface area contributed by atoms with Gasteiger partial charge in [0.1, 0.15) is 5.69 Å². The van der Waals surface area contributed by atoms with Crippen molar-refractivity contribution in [3.8, 4) is 11.3 Å². The third kappa shape index (κ3) is 2.05. The maximum absolute atomic E-state index is 13.6. The zero-order chi connectivity index (χ0) is 12.6. The van der Waals surface area contributed by atoms with Crippen molar-refractivity contribution in [3.05, 3.63) is 40.0 Å². The monoisotopic (exact) mass is 301 g/mol. The van der Waals surface area contributed by atoms with Crippen molar-refractivity contribution in [3.63, 3.8) is 0 Å². The second kappa shape index (κ2) is 4.25. The number of carbonyl (C=O) groups is 1. The second-order valence-corrected chi connectivity index (χ2v) is 4.11. The van der Waals surface area contributed by atoms with Gasteiger partial charge in [-0.15, -0.1) is 0 Å². The van der Waals surface area contributed by atoms with Crippen molar-refractivity contribution in [2.75, 3.05) is 0 Å². The van der Waals surface area contributed by atoms with Gasteiger partial charge in [-0.3, -0.25) is 9.89 Å². The van der Waals surface area contributed by atoms with Crippen LogP contribution in [0, 0.1) is 11.6 Å². The van der Waals surface area contributed by atoms with Crippen LogP contribution in [0.2, 0.25) is 0 Å². The zero-order valence-corrected chi connectivity index (χ0v) is 9.88. The molecule has 0 spiro atoms. The largest absolute Gasteiger partial charge is 0.364 e. The fourth-order valence-corrected chi connectivity index (χ4v) is 1.62. The Balaban J connectivity index is 2.53. The number of aromatic amines is 1. The number of hydrogen-bond acceptors (Lipinski definition) is 2. The van der Waals surface area contributed by atoms with Crippen molar-refractivity contribution in [2.45, 2.75) is 0 Å². The Kier molecular flexibility index (Phi) is 2.93. The summed E-state index contributed by atoms with van der Waals surface area (Å²) in [5.74, 6) is -2.77. The first-order valence-corrected chi connectivity index (χ1v) is 5.29. The van der Waals surface area contributed by atoms with Crippen LogP contribution in [0.15, 0.2) is 22.7 Å². The number of halogens is 3. The van der Waals surface area contributed by atoms with Crippen LogP contribution in [0.5, 0.6) is 0 Å². The first-order chi connectivity index (χ1) is 8.00. The molecule has 7 heteroatoms. The van der Waals surface area contributed by atoms with Gasteiger partial charge in [0.05, 0.1) is 10.2 Å². The molecule has 0 fully saturated rings. The molecule has 0 bridgehead atoms. The lowest BCUT2D eigenvalue weighted by atomic mass is 10.1. The van der Waals surface area contributed by atoms with E-state index in [1.54, 1.807) is 0 Å². The Hall–Kier alpha value is -1.76. The minimum atomic E-state index is -1.04. The molecule has 0 saturated carbocycles. The van der Waals surface area contributed by atoms with Crippen LogP contribution in [-0.2, 0) is 0 Å². The van der Waals surface area contributed by atoms with E-state index in [1.807, 2.05) is 0 Å². The van der Waals surface area contributed by atoms with Crippen molar-refractivity contribution in [1.82, 2.24) is 10.2 Å². The highest BCUT2D eigenvalue weighted by molar-refractivity contribution is 9.10. The fraction of sp³-hybridized carbons (Fsp3) is 0. The van der Waals surface area contributed by atoms with Crippen LogP contribution in [-0.4, -0.2) is 16.1 Å². The quantitative estimate of drug-likeness (QED) is 0.835. The van der Waals surface area contributed by atoms with E-state index in [-0.39, 0.29) is 21.4 Å². The highest BCUT2D eigenvalue weighted by Crippen LogP contribution is 2.27. The molecule has 4 nitrogen and oxygen atoms in total. The number of primary amides is 1. The molecule has 0 unspecified atom stereocenters. The molecule has 0 aliphatic carbocycles. The Labute approximate surface area is 103 Å². The molecule has 1 heterocycles. The van der Waals surface area contributed by atoms with Gasteiger partial charge in [-0.25, -0.2) is 8.78 Å². The average Bonchev–Trinajstić information content (AvgIpc) is 2.75. The number of benzene rings is 1. The number of nitrogens with two attached hydrogens (primary N) is 1. The average molecular weight is 302 g/mol. The van der Waals surface area contributed by atoms with Crippen LogP contribution in [0.3, 0.4) is 0 Å². The summed E-state index contributed by atoms with van der Waals surface area (Å²) in [6.45, 7) is 0. The van der Waals surface area contributed by atoms with E-state index in [4.69, 9.17) is 5.73 Å². The van der Waals surface area contributed by atoms with Gasteiger partial charge in [0.15, 0.2) is 11.6 Å². The van der Waals surface area contributed by atoms with E-state index in [2.05, 4.69) is 26.1 Å². The van der Waals surface area contributed by atoms with Crippen LogP contribution in [0.4, 0.5) is 8.78 Å². The number of rotatable bonds is 2. The summed E-state index contributed by atoms with van der Waals surface area (Å²) >= 11 is 2.86. The van der Waals surface area contributed by atoms with Gasteiger partial charge in [-0.1, -0.05) is 0 Å². The molecular weight excluding hydrogens is 296 g/mol. The molecule has 1 aromatic heterocycles. The molecular formula is C10H6BrF2N3O. The summed E-state index contributed by atoms with van der Waals surface area (Å²) in [7, 11) is 0. The first-order valence-electron chi connectivity index (χ1n) is 4.49. The first kappa shape index (κ1) is 11.7. The van der Waals surface area contributed by atoms with Gasteiger partial charge in [0.25, 0.3) is 5.91 Å². The Morgan fingerprint density at radius 3 is 2.65 bits per heavy atom. The Morgan fingerprint density at radius 1 is 1.35 bits per heavy atom. The van der Waals surface area contributed by atoms with E-state index in [9.17, 15) is 13.6 Å². The van der Waals surface area contributed by atoms with E-state index in [0.717, 1.165) is 0 Å². The highest BCUT2D eigenvalue weighted by atomic mass is 79.9. The molecule has 0 aliphatic heterocycles. The van der Waals surface area contributed by atoms with Crippen LogP contribution >= 0.6 is 15.9 Å². The highest BCUT2D eigenvalue weighted by Gasteiger charge is 2.16. The van der Waals surface area contributed by atoms with Gasteiger partial charge in [-0.05, 0) is 34.1 Å². The lowest BCUT2D eigenvalue weighted by molar-refractivity contribution is 0.0995. The number of nitrogens with one attached hydrogen (secondary N) is 1. The normalized spacial score (nSPS) is 10.5. The SMILES string of the molecule is NC(=O)c1cc(-c2ccc(Br)c(F)c2F)n[nH]1. The van der Waals surface area contributed by atoms with Gasteiger partial charge >= 0.3 is 0 Å². The third-order valence-electron chi connectivity index (χ3n) is 2.15. The lowest BCUT2D eigenvalue weighted by Crippen LogP contribution is -2.10. The zero-order valence-electron chi connectivity index (χ0n) is 8.30. The second-order valence-electron chi connectivity index (χ2n) is 3.25. The maximum Gasteiger partial charge on any atom is 0.266 e. The predicted molar refractivity (Wildman–Crippen MR) is 60.2 cm³/mol. The standard InChI is InChI=1S/C10H6BrF2N3O/c11-5-2-1-4(8(12)9(5)13)6-3-7(10(14)17)16-15-6/h1-3H,(H2,14,17)(H,15,16).